The lowest BCUT2D eigenvalue weighted by Crippen LogP contribution is -2.17. The number of hydrogen-bond acceptors (Lipinski definition) is 3. The highest BCUT2D eigenvalue weighted by Gasteiger charge is 2.18. The SMILES string of the molecule is COC(=O)c1[nH]c(C(F)F)cc(=O)c1I. The number of nitrogens with one attached hydrogen (secondary N) is 1. The van der Waals surface area contributed by atoms with E-state index in [9.17, 15) is 18.4 Å². The van der Waals surface area contributed by atoms with Crippen molar-refractivity contribution in [2.24, 2.45) is 0 Å². The van der Waals surface area contributed by atoms with Crippen LogP contribution in [0, 0.1) is 3.57 Å². The molecular formula is C8H6F2INO3. The van der Waals surface area contributed by atoms with Crippen molar-refractivity contribution < 1.29 is 18.3 Å². The fourth-order valence-corrected chi connectivity index (χ4v) is 1.43. The monoisotopic (exact) mass is 329 g/mol. The second kappa shape index (κ2) is 4.69. The number of methoxy groups -OCH3 is 1. The number of pyridine rings is 1. The van der Waals surface area contributed by atoms with Gasteiger partial charge in [0.15, 0.2) is 5.43 Å². The third-order valence-corrected chi connectivity index (χ3v) is 2.69. The van der Waals surface area contributed by atoms with Gasteiger partial charge in [-0.05, 0) is 22.6 Å². The lowest BCUT2D eigenvalue weighted by Gasteiger charge is -2.05. The summed E-state index contributed by atoms with van der Waals surface area (Å²) in [6, 6.07) is 0.763. The zero-order valence-electron chi connectivity index (χ0n) is 7.51. The molecule has 0 aliphatic rings. The number of halogens is 3. The molecule has 1 aromatic rings. The van der Waals surface area contributed by atoms with Crippen LogP contribution in [0.2, 0.25) is 0 Å². The first kappa shape index (κ1) is 12.1. The minimum atomic E-state index is -2.84. The molecule has 82 valence electrons. The average Bonchev–Trinajstić information content (AvgIpc) is 2.20. The lowest BCUT2D eigenvalue weighted by molar-refractivity contribution is 0.0590. The molecule has 0 amide bonds. The number of alkyl halides is 2. The van der Waals surface area contributed by atoms with Gasteiger partial charge in [-0.25, -0.2) is 13.6 Å². The largest absolute Gasteiger partial charge is 0.464 e. The predicted molar refractivity (Wildman–Crippen MR) is 56.1 cm³/mol. The molecule has 0 saturated heterocycles. The van der Waals surface area contributed by atoms with Gasteiger partial charge in [-0.1, -0.05) is 0 Å². The Morgan fingerprint density at radius 2 is 2.20 bits per heavy atom. The van der Waals surface area contributed by atoms with Crippen LogP contribution in [0.25, 0.3) is 0 Å². The van der Waals surface area contributed by atoms with Crippen molar-refractivity contribution in [1.82, 2.24) is 4.98 Å². The molecule has 0 fully saturated rings. The van der Waals surface area contributed by atoms with Gasteiger partial charge in [0.1, 0.15) is 5.69 Å². The maximum atomic E-state index is 12.3. The van der Waals surface area contributed by atoms with Crippen LogP contribution in [0.15, 0.2) is 10.9 Å². The summed E-state index contributed by atoms with van der Waals surface area (Å²) in [5.74, 6) is -0.848. The quantitative estimate of drug-likeness (QED) is 0.664. The minimum absolute atomic E-state index is 0.0313. The van der Waals surface area contributed by atoms with Gasteiger partial charge in [-0.15, -0.1) is 0 Å². The van der Waals surface area contributed by atoms with Crippen LogP contribution in [0.5, 0.6) is 0 Å². The van der Waals surface area contributed by atoms with Gasteiger partial charge in [0.2, 0.25) is 0 Å². The number of H-pyrrole nitrogens is 1. The summed E-state index contributed by atoms with van der Waals surface area (Å²) >= 11 is 1.59. The van der Waals surface area contributed by atoms with Gasteiger partial charge < -0.3 is 9.72 Å². The molecule has 0 bridgehead atoms. The maximum absolute atomic E-state index is 12.3. The first-order chi connectivity index (χ1) is 6.97. The molecule has 0 aliphatic heterocycles. The zero-order chi connectivity index (χ0) is 11.6. The van der Waals surface area contributed by atoms with Gasteiger partial charge in [0.05, 0.1) is 16.4 Å². The highest BCUT2D eigenvalue weighted by molar-refractivity contribution is 14.1. The second-order valence-electron chi connectivity index (χ2n) is 2.57. The third kappa shape index (κ3) is 2.52. The van der Waals surface area contributed by atoms with Crippen LogP contribution >= 0.6 is 22.6 Å². The number of rotatable bonds is 2. The Labute approximate surface area is 96.8 Å². The summed E-state index contributed by atoms with van der Waals surface area (Å²) in [5, 5.41) is 0. The number of hydrogen-bond donors (Lipinski definition) is 1. The predicted octanol–water partition coefficient (Wildman–Crippen LogP) is 1.70. The van der Waals surface area contributed by atoms with Gasteiger partial charge in [-0.3, -0.25) is 4.79 Å². The van der Waals surface area contributed by atoms with Gasteiger partial charge in [0, 0.05) is 6.07 Å². The van der Waals surface area contributed by atoms with Crippen LogP contribution in [0.1, 0.15) is 22.6 Å². The van der Waals surface area contributed by atoms with E-state index in [0.29, 0.717) is 0 Å². The first-order valence-electron chi connectivity index (χ1n) is 3.76. The summed E-state index contributed by atoms with van der Waals surface area (Å²) in [6.45, 7) is 0. The summed E-state index contributed by atoms with van der Waals surface area (Å²) in [7, 11) is 1.10. The van der Waals surface area contributed by atoms with Crippen molar-refractivity contribution >= 4 is 28.6 Å². The fraction of sp³-hybridized carbons (Fsp3) is 0.250. The minimum Gasteiger partial charge on any atom is -0.464 e. The van der Waals surface area contributed by atoms with E-state index in [0.717, 1.165) is 13.2 Å². The van der Waals surface area contributed by atoms with Crippen molar-refractivity contribution in [1.29, 1.82) is 0 Å². The second-order valence-corrected chi connectivity index (χ2v) is 3.65. The average molecular weight is 329 g/mol. The fourth-order valence-electron chi connectivity index (χ4n) is 0.923. The number of aromatic amines is 1. The number of aromatic nitrogens is 1. The molecular weight excluding hydrogens is 323 g/mol. The Morgan fingerprint density at radius 3 is 2.67 bits per heavy atom. The van der Waals surface area contributed by atoms with E-state index in [1.54, 1.807) is 22.6 Å². The van der Waals surface area contributed by atoms with E-state index in [4.69, 9.17) is 0 Å². The molecule has 0 radical (unpaired) electrons. The molecule has 15 heavy (non-hydrogen) atoms. The molecule has 1 heterocycles. The van der Waals surface area contributed by atoms with Crippen molar-refractivity contribution in [3.05, 3.63) is 31.2 Å². The van der Waals surface area contributed by atoms with E-state index in [1.165, 1.54) is 0 Å². The van der Waals surface area contributed by atoms with E-state index in [-0.39, 0.29) is 9.26 Å². The van der Waals surface area contributed by atoms with E-state index < -0.39 is 23.5 Å². The Hall–Kier alpha value is -0.990. The van der Waals surface area contributed by atoms with Crippen molar-refractivity contribution in [2.75, 3.05) is 7.11 Å². The lowest BCUT2D eigenvalue weighted by atomic mass is 10.3. The van der Waals surface area contributed by atoms with Crippen molar-refractivity contribution in [3.63, 3.8) is 0 Å². The van der Waals surface area contributed by atoms with Crippen LogP contribution in [-0.4, -0.2) is 18.1 Å². The number of carbonyl (C=O) groups is 1. The summed E-state index contributed by atoms with van der Waals surface area (Å²) in [5.41, 5.74) is -1.48. The molecule has 1 rings (SSSR count). The molecule has 0 spiro atoms. The zero-order valence-corrected chi connectivity index (χ0v) is 9.67. The molecule has 0 aliphatic carbocycles. The molecule has 0 aromatic carbocycles. The normalized spacial score (nSPS) is 10.5. The molecule has 0 atom stereocenters. The molecule has 7 heteroatoms. The summed E-state index contributed by atoms with van der Waals surface area (Å²) in [6.07, 6.45) is -2.84. The summed E-state index contributed by atoms with van der Waals surface area (Å²) in [4.78, 5) is 24.5. The number of ether oxygens (including phenoxy) is 1. The smallest absolute Gasteiger partial charge is 0.355 e. The molecule has 4 nitrogen and oxygen atoms in total. The highest BCUT2D eigenvalue weighted by Crippen LogP contribution is 2.17. The maximum Gasteiger partial charge on any atom is 0.355 e. The van der Waals surface area contributed by atoms with Crippen LogP contribution in [-0.2, 0) is 4.74 Å². The van der Waals surface area contributed by atoms with Crippen LogP contribution in [0.3, 0.4) is 0 Å². The van der Waals surface area contributed by atoms with Gasteiger partial charge in [-0.2, -0.15) is 0 Å². The Balaban J connectivity index is 3.38. The van der Waals surface area contributed by atoms with E-state index in [2.05, 4.69) is 9.72 Å². The van der Waals surface area contributed by atoms with Crippen LogP contribution in [0.4, 0.5) is 8.78 Å². The van der Waals surface area contributed by atoms with Gasteiger partial charge in [0.25, 0.3) is 6.43 Å². The van der Waals surface area contributed by atoms with E-state index >= 15 is 0 Å². The Morgan fingerprint density at radius 1 is 1.60 bits per heavy atom. The third-order valence-electron chi connectivity index (χ3n) is 1.62. The molecule has 0 saturated carbocycles. The number of carbonyl (C=O) groups excluding carboxylic acids is 1. The Kier molecular flexibility index (Phi) is 3.77. The van der Waals surface area contributed by atoms with Crippen LogP contribution < -0.4 is 5.43 Å². The molecule has 0 unspecified atom stereocenters. The van der Waals surface area contributed by atoms with Crippen molar-refractivity contribution in [2.45, 2.75) is 6.43 Å². The molecule has 1 N–H and O–H groups in total. The molecule has 1 aromatic heterocycles. The van der Waals surface area contributed by atoms with E-state index in [1.807, 2.05) is 0 Å². The van der Waals surface area contributed by atoms with Crippen molar-refractivity contribution in [3.8, 4) is 0 Å². The first-order valence-corrected chi connectivity index (χ1v) is 4.84. The Bertz CT molecular complexity index is 444. The van der Waals surface area contributed by atoms with Gasteiger partial charge >= 0.3 is 5.97 Å². The highest BCUT2D eigenvalue weighted by atomic mass is 127. The topological polar surface area (TPSA) is 59.2 Å². The summed E-state index contributed by atoms with van der Waals surface area (Å²) < 4.78 is 29.0. The number of esters is 1. The standard InChI is InChI=1S/C8H6F2INO3/c1-15-8(14)6-5(11)4(13)2-3(12-6)7(9)10/h2,7H,1H3,(H,12,13).